The molecule has 0 spiro atoms. The fraction of sp³-hybridized carbons (Fsp3) is 0.250. The first kappa shape index (κ1) is 9.72. The lowest BCUT2D eigenvalue weighted by molar-refractivity contribution is -0.112. The third-order valence-electron chi connectivity index (χ3n) is 1.99. The van der Waals surface area contributed by atoms with Crippen molar-refractivity contribution in [2.75, 3.05) is 0 Å². The van der Waals surface area contributed by atoms with Crippen LogP contribution in [0, 0.1) is 6.92 Å². The highest BCUT2D eigenvalue weighted by atomic mass is 16.1. The van der Waals surface area contributed by atoms with Crippen molar-refractivity contribution in [3.05, 3.63) is 41.5 Å². The molecular formula is C12H14O. The van der Waals surface area contributed by atoms with E-state index in [0.29, 0.717) is 0 Å². The molecule has 1 aromatic carbocycles. The molecule has 0 saturated heterocycles. The summed E-state index contributed by atoms with van der Waals surface area (Å²) in [6.07, 6.45) is 1.67. The van der Waals surface area contributed by atoms with Crippen molar-refractivity contribution in [1.82, 2.24) is 0 Å². The molecule has 0 amide bonds. The molecule has 0 radical (unpaired) electrons. The molecule has 1 rings (SSSR count). The van der Waals surface area contributed by atoms with Crippen LogP contribution in [0.1, 0.15) is 25.0 Å². The number of hydrogen-bond donors (Lipinski definition) is 0. The van der Waals surface area contributed by atoms with Gasteiger partial charge in [-0.25, -0.2) is 0 Å². The van der Waals surface area contributed by atoms with Crippen LogP contribution in [0.25, 0.3) is 5.57 Å². The first-order chi connectivity index (χ1) is 6.11. The zero-order chi connectivity index (χ0) is 9.84. The maximum atomic E-state index is 10.9. The van der Waals surface area contributed by atoms with E-state index in [2.05, 4.69) is 0 Å². The third kappa shape index (κ3) is 2.55. The summed E-state index contributed by atoms with van der Waals surface area (Å²) in [5.74, 6) is 0.0979. The molecule has 1 aromatic rings. The van der Waals surface area contributed by atoms with E-state index in [9.17, 15) is 4.79 Å². The maximum Gasteiger partial charge on any atom is 0.152 e. The van der Waals surface area contributed by atoms with E-state index in [1.165, 1.54) is 5.56 Å². The summed E-state index contributed by atoms with van der Waals surface area (Å²) in [6, 6.07) is 8.07. The molecule has 1 heteroatoms. The van der Waals surface area contributed by atoms with E-state index in [4.69, 9.17) is 0 Å². The topological polar surface area (TPSA) is 17.1 Å². The summed E-state index contributed by atoms with van der Waals surface area (Å²) in [5.41, 5.74) is 3.39. The first-order valence-corrected chi connectivity index (χ1v) is 4.36. The minimum Gasteiger partial charge on any atom is -0.295 e. The van der Waals surface area contributed by atoms with Crippen molar-refractivity contribution in [2.24, 2.45) is 0 Å². The van der Waals surface area contributed by atoms with E-state index in [0.717, 1.165) is 11.1 Å². The fourth-order valence-corrected chi connectivity index (χ4v) is 1.40. The van der Waals surface area contributed by atoms with Crippen LogP contribution < -0.4 is 0 Å². The Morgan fingerprint density at radius 3 is 2.38 bits per heavy atom. The minimum atomic E-state index is 0.0979. The molecule has 0 unspecified atom stereocenters. The van der Waals surface area contributed by atoms with Gasteiger partial charge in [0.2, 0.25) is 0 Å². The van der Waals surface area contributed by atoms with Crippen molar-refractivity contribution < 1.29 is 4.79 Å². The normalized spacial score (nSPS) is 11.5. The molecule has 0 aliphatic heterocycles. The van der Waals surface area contributed by atoms with Crippen molar-refractivity contribution >= 4 is 11.4 Å². The van der Waals surface area contributed by atoms with Crippen molar-refractivity contribution in [1.29, 1.82) is 0 Å². The molecule has 0 aliphatic rings. The van der Waals surface area contributed by atoms with Gasteiger partial charge in [-0.15, -0.1) is 0 Å². The lowest BCUT2D eigenvalue weighted by Crippen LogP contribution is -1.88. The quantitative estimate of drug-likeness (QED) is 0.630. The highest BCUT2D eigenvalue weighted by Gasteiger charge is 1.99. The van der Waals surface area contributed by atoms with Gasteiger partial charge in [0.1, 0.15) is 0 Å². The Hall–Kier alpha value is -1.37. The minimum absolute atomic E-state index is 0.0979. The molecule has 0 fully saturated rings. The predicted molar refractivity (Wildman–Crippen MR) is 55.5 cm³/mol. The number of allylic oxidation sites excluding steroid dienone is 2. The van der Waals surface area contributed by atoms with Crippen LogP contribution >= 0.6 is 0 Å². The maximum absolute atomic E-state index is 10.9. The Kier molecular flexibility index (Phi) is 3.02. The number of ketones is 1. The van der Waals surface area contributed by atoms with Gasteiger partial charge in [0.15, 0.2) is 5.78 Å². The van der Waals surface area contributed by atoms with Gasteiger partial charge in [-0.1, -0.05) is 24.3 Å². The second-order valence-corrected chi connectivity index (χ2v) is 3.25. The molecule has 0 atom stereocenters. The molecule has 0 aliphatic carbocycles. The summed E-state index contributed by atoms with van der Waals surface area (Å²) >= 11 is 0. The standard InChI is InChI=1S/C12H14O/c1-9-6-4-5-7-12(9)10(2)8-11(3)13/h4-8H,1-3H3/b10-8+. The van der Waals surface area contributed by atoms with E-state index in [1.807, 2.05) is 38.1 Å². The monoisotopic (exact) mass is 174 g/mol. The summed E-state index contributed by atoms with van der Waals surface area (Å²) in [4.78, 5) is 10.9. The summed E-state index contributed by atoms with van der Waals surface area (Å²) < 4.78 is 0. The third-order valence-corrected chi connectivity index (χ3v) is 1.99. The Labute approximate surface area is 79.1 Å². The molecule has 1 nitrogen and oxygen atoms in total. The average Bonchev–Trinajstić information content (AvgIpc) is 2.03. The van der Waals surface area contributed by atoms with Gasteiger partial charge in [-0.05, 0) is 43.5 Å². The molecule has 68 valence electrons. The number of carbonyl (C=O) groups excluding carboxylic acids is 1. The number of benzene rings is 1. The second-order valence-electron chi connectivity index (χ2n) is 3.25. The van der Waals surface area contributed by atoms with Crippen LogP contribution in [0.15, 0.2) is 30.3 Å². The summed E-state index contributed by atoms with van der Waals surface area (Å²) in [6.45, 7) is 5.58. The smallest absolute Gasteiger partial charge is 0.152 e. The van der Waals surface area contributed by atoms with Gasteiger partial charge in [-0.3, -0.25) is 4.79 Å². The first-order valence-electron chi connectivity index (χ1n) is 4.36. The van der Waals surface area contributed by atoms with Crippen molar-refractivity contribution in [2.45, 2.75) is 20.8 Å². The largest absolute Gasteiger partial charge is 0.295 e. The van der Waals surface area contributed by atoms with Crippen LogP contribution in [0.3, 0.4) is 0 Å². The SMILES string of the molecule is CC(=O)/C=C(\C)c1ccccc1C. The van der Waals surface area contributed by atoms with Crippen LogP contribution in [0.2, 0.25) is 0 Å². The predicted octanol–water partition coefficient (Wildman–Crippen LogP) is 2.99. The highest BCUT2D eigenvalue weighted by molar-refractivity contribution is 5.94. The molecule has 0 bridgehead atoms. The van der Waals surface area contributed by atoms with Gasteiger partial charge >= 0.3 is 0 Å². The van der Waals surface area contributed by atoms with E-state index in [1.54, 1.807) is 13.0 Å². The van der Waals surface area contributed by atoms with Crippen LogP contribution in [0.4, 0.5) is 0 Å². The Balaban J connectivity index is 3.08. The molecule has 0 aromatic heterocycles. The lowest BCUT2D eigenvalue weighted by Gasteiger charge is -2.04. The summed E-state index contributed by atoms with van der Waals surface area (Å²) in [5, 5.41) is 0. The average molecular weight is 174 g/mol. The van der Waals surface area contributed by atoms with E-state index in [-0.39, 0.29) is 5.78 Å². The Bertz CT molecular complexity index is 348. The number of carbonyl (C=O) groups is 1. The molecular weight excluding hydrogens is 160 g/mol. The molecule has 0 saturated carbocycles. The lowest BCUT2D eigenvalue weighted by atomic mass is 10.0. The van der Waals surface area contributed by atoms with Crippen LogP contribution in [-0.4, -0.2) is 5.78 Å². The van der Waals surface area contributed by atoms with E-state index >= 15 is 0 Å². The molecule has 0 heterocycles. The zero-order valence-electron chi connectivity index (χ0n) is 8.29. The zero-order valence-corrected chi connectivity index (χ0v) is 8.29. The molecule has 0 N–H and O–H groups in total. The summed E-state index contributed by atoms with van der Waals surface area (Å²) in [7, 11) is 0. The van der Waals surface area contributed by atoms with Gasteiger partial charge in [-0.2, -0.15) is 0 Å². The van der Waals surface area contributed by atoms with Gasteiger partial charge in [0.05, 0.1) is 0 Å². The van der Waals surface area contributed by atoms with Crippen molar-refractivity contribution in [3.63, 3.8) is 0 Å². The second kappa shape index (κ2) is 4.04. The Morgan fingerprint density at radius 2 is 1.85 bits per heavy atom. The number of aryl methyl sites for hydroxylation is 1. The van der Waals surface area contributed by atoms with Crippen LogP contribution in [0.5, 0.6) is 0 Å². The molecule has 13 heavy (non-hydrogen) atoms. The Morgan fingerprint density at radius 1 is 1.23 bits per heavy atom. The van der Waals surface area contributed by atoms with Gasteiger partial charge in [0, 0.05) is 0 Å². The van der Waals surface area contributed by atoms with Gasteiger partial charge in [0.25, 0.3) is 0 Å². The number of rotatable bonds is 2. The number of hydrogen-bond acceptors (Lipinski definition) is 1. The van der Waals surface area contributed by atoms with Crippen molar-refractivity contribution in [3.8, 4) is 0 Å². The van der Waals surface area contributed by atoms with Crippen LogP contribution in [-0.2, 0) is 4.79 Å². The fourth-order valence-electron chi connectivity index (χ4n) is 1.40. The van der Waals surface area contributed by atoms with E-state index < -0.39 is 0 Å². The van der Waals surface area contributed by atoms with Gasteiger partial charge < -0.3 is 0 Å². The highest BCUT2D eigenvalue weighted by Crippen LogP contribution is 2.17.